The minimum atomic E-state index is -0.485. The van der Waals surface area contributed by atoms with Crippen LogP contribution >= 0.6 is 12.2 Å². The molecule has 2 aromatic rings. The number of carbonyl (C=O) groups excluding carboxylic acids is 2. The van der Waals surface area contributed by atoms with Gasteiger partial charge in [-0.15, -0.1) is 0 Å². The highest BCUT2D eigenvalue weighted by Crippen LogP contribution is 2.33. The van der Waals surface area contributed by atoms with E-state index in [1.165, 1.54) is 37.7 Å². The van der Waals surface area contributed by atoms with Gasteiger partial charge in [-0.1, -0.05) is 37.5 Å². The Balaban J connectivity index is 1.35. The maximum absolute atomic E-state index is 12.1. The molecule has 1 aliphatic carbocycles. The molecule has 184 valence electrons. The van der Waals surface area contributed by atoms with Crippen LogP contribution in [0.15, 0.2) is 48.0 Å². The summed E-state index contributed by atoms with van der Waals surface area (Å²) in [7, 11) is 0. The van der Waals surface area contributed by atoms with Gasteiger partial charge in [-0.05, 0) is 91.9 Å². The highest BCUT2D eigenvalue weighted by Gasteiger charge is 2.25. The Morgan fingerprint density at radius 1 is 1.03 bits per heavy atom. The van der Waals surface area contributed by atoms with E-state index >= 15 is 0 Å². The van der Waals surface area contributed by atoms with E-state index in [4.69, 9.17) is 17.0 Å². The van der Waals surface area contributed by atoms with E-state index in [2.05, 4.69) is 52.8 Å². The number of thiocarbonyl (C=S) groups is 1. The second-order valence-electron chi connectivity index (χ2n) is 9.17. The van der Waals surface area contributed by atoms with Gasteiger partial charge in [0.2, 0.25) is 0 Å². The molecular weight excluding hydrogens is 458 g/mol. The number of hydrogen-bond acceptors (Lipinski definition) is 5. The predicted octanol–water partition coefficient (Wildman–Crippen LogP) is 4.86. The lowest BCUT2D eigenvalue weighted by Crippen LogP contribution is -2.51. The summed E-state index contributed by atoms with van der Waals surface area (Å²) in [5.74, 6) is 0.638. The molecule has 2 N–H and O–H groups in total. The Morgan fingerprint density at radius 2 is 1.71 bits per heavy atom. The number of likely N-dealkylation sites (N-methyl/N-ethyl adjacent to an activating group) is 1. The molecule has 2 amide bonds. The first-order valence-electron chi connectivity index (χ1n) is 12.4. The van der Waals surface area contributed by atoms with Crippen LogP contribution in [-0.4, -0.2) is 36.6 Å². The van der Waals surface area contributed by atoms with Crippen LogP contribution in [0.2, 0.25) is 0 Å². The Morgan fingerprint density at radius 3 is 2.34 bits per heavy atom. The van der Waals surface area contributed by atoms with Crippen molar-refractivity contribution in [3.05, 3.63) is 64.7 Å². The standard InChI is InChI=1S/C28H33N3O3S/c1-3-31(15-16-34-24-13-10-21(11-14-24)20-7-5-4-6-8-20)23-12-9-22(19(2)17-23)18-25-26(32)29-28(35)30-27(25)33/h9-14,17-18,20H,3-8,15-16H2,1-2H3,(H2,29,30,32,33,35). The maximum Gasteiger partial charge on any atom is 0.263 e. The summed E-state index contributed by atoms with van der Waals surface area (Å²) in [6.45, 7) is 6.26. The molecule has 35 heavy (non-hydrogen) atoms. The summed E-state index contributed by atoms with van der Waals surface area (Å²) in [4.78, 5) is 26.5. The molecule has 2 fully saturated rings. The molecule has 2 aromatic carbocycles. The van der Waals surface area contributed by atoms with Crippen molar-refractivity contribution in [1.29, 1.82) is 0 Å². The summed E-state index contributed by atoms with van der Waals surface area (Å²) >= 11 is 4.85. The number of anilines is 1. The lowest BCUT2D eigenvalue weighted by Gasteiger charge is -2.24. The zero-order valence-corrected chi connectivity index (χ0v) is 21.2. The van der Waals surface area contributed by atoms with Crippen molar-refractivity contribution in [1.82, 2.24) is 10.6 Å². The second-order valence-corrected chi connectivity index (χ2v) is 9.58. The molecule has 0 atom stereocenters. The molecule has 1 aliphatic heterocycles. The normalized spacial score (nSPS) is 16.5. The molecular formula is C28H33N3O3S. The third kappa shape index (κ3) is 6.28. The van der Waals surface area contributed by atoms with Crippen molar-refractivity contribution in [2.24, 2.45) is 0 Å². The molecule has 4 rings (SSSR count). The fourth-order valence-corrected chi connectivity index (χ4v) is 4.98. The summed E-state index contributed by atoms with van der Waals surface area (Å²) in [5, 5.41) is 4.96. The first kappa shape index (κ1) is 24.9. The van der Waals surface area contributed by atoms with Gasteiger partial charge in [0.25, 0.3) is 11.8 Å². The van der Waals surface area contributed by atoms with Crippen LogP contribution in [0, 0.1) is 6.92 Å². The van der Waals surface area contributed by atoms with Crippen LogP contribution in [0.25, 0.3) is 6.08 Å². The van der Waals surface area contributed by atoms with E-state index in [9.17, 15) is 9.59 Å². The minimum absolute atomic E-state index is 0.0326. The lowest BCUT2D eigenvalue weighted by atomic mass is 9.84. The summed E-state index contributed by atoms with van der Waals surface area (Å²) in [6.07, 6.45) is 8.25. The maximum atomic E-state index is 12.1. The number of rotatable bonds is 8. The Bertz CT molecular complexity index is 1100. The Labute approximate surface area is 212 Å². The van der Waals surface area contributed by atoms with Crippen LogP contribution in [0.5, 0.6) is 5.75 Å². The molecule has 1 saturated carbocycles. The molecule has 0 unspecified atom stereocenters. The van der Waals surface area contributed by atoms with E-state index in [0.29, 0.717) is 12.5 Å². The zero-order valence-electron chi connectivity index (χ0n) is 20.4. The van der Waals surface area contributed by atoms with E-state index in [1.54, 1.807) is 6.08 Å². The highest BCUT2D eigenvalue weighted by molar-refractivity contribution is 7.80. The van der Waals surface area contributed by atoms with Crippen LogP contribution in [0.1, 0.15) is 61.6 Å². The average molecular weight is 492 g/mol. The monoisotopic (exact) mass is 491 g/mol. The van der Waals surface area contributed by atoms with Crippen molar-refractivity contribution in [2.45, 2.75) is 51.9 Å². The van der Waals surface area contributed by atoms with Gasteiger partial charge >= 0.3 is 0 Å². The second kappa shape index (κ2) is 11.5. The predicted molar refractivity (Wildman–Crippen MR) is 144 cm³/mol. The number of amides is 2. The quantitative estimate of drug-likeness (QED) is 0.313. The van der Waals surface area contributed by atoms with Gasteiger partial charge < -0.3 is 9.64 Å². The van der Waals surface area contributed by atoms with Crippen molar-refractivity contribution in [3.63, 3.8) is 0 Å². The van der Waals surface area contributed by atoms with E-state index in [1.807, 2.05) is 19.1 Å². The summed E-state index contributed by atoms with van der Waals surface area (Å²) in [5.41, 5.74) is 4.34. The molecule has 7 heteroatoms. The fraction of sp³-hybridized carbons (Fsp3) is 0.393. The van der Waals surface area contributed by atoms with E-state index in [-0.39, 0.29) is 10.7 Å². The van der Waals surface area contributed by atoms with Crippen molar-refractivity contribution >= 4 is 40.9 Å². The number of benzene rings is 2. The van der Waals surface area contributed by atoms with Crippen LogP contribution in [0.3, 0.4) is 0 Å². The minimum Gasteiger partial charge on any atom is -0.492 e. The number of aryl methyl sites for hydroxylation is 1. The van der Waals surface area contributed by atoms with Crippen LogP contribution in [-0.2, 0) is 9.59 Å². The van der Waals surface area contributed by atoms with Crippen molar-refractivity contribution in [3.8, 4) is 5.75 Å². The van der Waals surface area contributed by atoms with Gasteiger partial charge in [0.15, 0.2) is 5.11 Å². The van der Waals surface area contributed by atoms with Gasteiger partial charge in [-0.25, -0.2) is 0 Å². The Kier molecular flexibility index (Phi) is 8.18. The lowest BCUT2D eigenvalue weighted by molar-refractivity contribution is -0.123. The van der Waals surface area contributed by atoms with Gasteiger partial charge in [0.1, 0.15) is 17.9 Å². The number of carbonyl (C=O) groups is 2. The van der Waals surface area contributed by atoms with Gasteiger partial charge in [-0.3, -0.25) is 20.2 Å². The number of ether oxygens (including phenoxy) is 1. The first-order valence-corrected chi connectivity index (χ1v) is 12.8. The molecule has 0 radical (unpaired) electrons. The van der Waals surface area contributed by atoms with Crippen molar-refractivity contribution in [2.75, 3.05) is 24.6 Å². The third-order valence-corrected chi connectivity index (χ3v) is 7.03. The van der Waals surface area contributed by atoms with E-state index < -0.39 is 11.8 Å². The average Bonchev–Trinajstić information content (AvgIpc) is 2.86. The third-order valence-electron chi connectivity index (χ3n) is 6.83. The van der Waals surface area contributed by atoms with Crippen LogP contribution in [0.4, 0.5) is 5.69 Å². The molecule has 0 spiro atoms. The highest BCUT2D eigenvalue weighted by atomic mass is 32.1. The molecule has 2 aliphatic rings. The number of nitrogens with one attached hydrogen (secondary N) is 2. The van der Waals surface area contributed by atoms with E-state index in [0.717, 1.165) is 35.7 Å². The van der Waals surface area contributed by atoms with Gasteiger partial charge in [0.05, 0.1) is 6.54 Å². The SMILES string of the molecule is CCN(CCOc1ccc(C2CCCCC2)cc1)c1ccc(C=C2C(=O)NC(=S)NC2=O)c(C)c1. The number of nitrogens with zero attached hydrogens (tertiary/aromatic N) is 1. The Hall–Kier alpha value is -3.19. The molecule has 0 aromatic heterocycles. The first-order chi connectivity index (χ1) is 16.9. The molecule has 1 saturated heterocycles. The fourth-order valence-electron chi connectivity index (χ4n) is 4.80. The molecule has 0 bridgehead atoms. The smallest absolute Gasteiger partial charge is 0.263 e. The molecule has 1 heterocycles. The largest absolute Gasteiger partial charge is 0.492 e. The van der Waals surface area contributed by atoms with Gasteiger partial charge in [0, 0.05) is 12.2 Å². The molecule has 6 nitrogen and oxygen atoms in total. The number of hydrogen-bond donors (Lipinski definition) is 2. The zero-order chi connectivity index (χ0) is 24.8. The topological polar surface area (TPSA) is 70.7 Å². The summed E-state index contributed by atoms with van der Waals surface area (Å²) < 4.78 is 6.04. The van der Waals surface area contributed by atoms with Crippen LogP contribution < -0.4 is 20.3 Å². The van der Waals surface area contributed by atoms with Gasteiger partial charge in [-0.2, -0.15) is 0 Å². The van der Waals surface area contributed by atoms with Crippen molar-refractivity contribution < 1.29 is 14.3 Å². The summed E-state index contributed by atoms with van der Waals surface area (Å²) in [6, 6.07) is 14.6.